The van der Waals surface area contributed by atoms with Gasteiger partial charge in [-0.05, 0) is 25.2 Å². The first kappa shape index (κ1) is 9.96. The second-order valence-electron chi connectivity index (χ2n) is 2.74. The molecule has 62 valence electrons. The summed E-state index contributed by atoms with van der Waals surface area (Å²) in [6.07, 6.45) is 4.61. The van der Waals surface area contributed by atoms with Crippen LogP contribution in [-0.2, 0) is 0 Å². The van der Waals surface area contributed by atoms with Gasteiger partial charge < -0.3 is 5.11 Å². The zero-order valence-corrected chi connectivity index (χ0v) is 7.43. The van der Waals surface area contributed by atoms with Crippen molar-refractivity contribution in [2.24, 2.45) is 5.92 Å². The van der Waals surface area contributed by atoms with Gasteiger partial charge in [0.1, 0.15) is 0 Å². The molecule has 0 aromatic rings. The normalized spacial score (nSPS) is 31.2. The Morgan fingerprint density at radius 2 is 1.90 bits per heavy atom. The van der Waals surface area contributed by atoms with Crippen molar-refractivity contribution < 1.29 is 5.11 Å². The van der Waals surface area contributed by atoms with Crippen LogP contribution in [0.5, 0.6) is 0 Å². The van der Waals surface area contributed by atoms with Crippen molar-refractivity contribution in [2.45, 2.75) is 52.6 Å². The van der Waals surface area contributed by atoms with Crippen LogP contribution in [0, 0.1) is 5.92 Å². The molecule has 2 unspecified atom stereocenters. The average molecular weight is 144 g/mol. The molecule has 1 aliphatic carbocycles. The molecule has 0 aliphatic heterocycles. The lowest BCUT2D eigenvalue weighted by Gasteiger charge is -2.01. The molecule has 1 heteroatoms. The molecule has 1 nitrogen and oxygen atoms in total. The number of hydrogen-bond donors (Lipinski definition) is 1. The van der Waals surface area contributed by atoms with Gasteiger partial charge in [-0.1, -0.05) is 27.2 Å². The van der Waals surface area contributed by atoms with Crippen molar-refractivity contribution in [1.82, 2.24) is 0 Å². The Labute approximate surface area is 64.5 Å². The highest BCUT2D eigenvalue weighted by molar-refractivity contribution is 4.72. The topological polar surface area (TPSA) is 20.2 Å². The fourth-order valence-corrected chi connectivity index (χ4v) is 1.42. The Kier molecular flexibility index (Phi) is 5.70. The minimum Gasteiger partial charge on any atom is -0.393 e. The molecule has 1 aliphatic rings. The van der Waals surface area contributed by atoms with Gasteiger partial charge in [0.05, 0.1) is 6.10 Å². The highest BCUT2D eigenvalue weighted by atomic mass is 16.3. The summed E-state index contributed by atoms with van der Waals surface area (Å²) in [4.78, 5) is 0. The zero-order chi connectivity index (χ0) is 7.98. The maximum Gasteiger partial charge on any atom is 0.0543 e. The smallest absolute Gasteiger partial charge is 0.0543 e. The predicted molar refractivity (Wildman–Crippen MR) is 45.0 cm³/mol. The zero-order valence-electron chi connectivity index (χ0n) is 7.43. The molecule has 1 fully saturated rings. The van der Waals surface area contributed by atoms with Crippen LogP contribution in [0.3, 0.4) is 0 Å². The van der Waals surface area contributed by atoms with Crippen molar-refractivity contribution in [1.29, 1.82) is 0 Å². The van der Waals surface area contributed by atoms with Gasteiger partial charge in [-0.3, -0.25) is 0 Å². The third kappa shape index (κ3) is 3.21. The largest absolute Gasteiger partial charge is 0.393 e. The Hall–Kier alpha value is -0.0400. The fourth-order valence-electron chi connectivity index (χ4n) is 1.42. The maximum absolute atomic E-state index is 9.03. The van der Waals surface area contributed by atoms with Crippen LogP contribution in [-0.4, -0.2) is 11.2 Å². The molecule has 2 atom stereocenters. The van der Waals surface area contributed by atoms with Crippen LogP contribution in [0.25, 0.3) is 0 Å². The van der Waals surface area contributed by atoms with Gasteiger partial charge in [0.15, 0.2) is 0 Å². The minimum atomic E-state index is 0.0277. The first-order chi connectivity index (χ1) is 4.83. The third-order valence-corrected chi connectivity index (χ3v) is 2.09. The molecular formula is C9H20O. The van der Waals surface area contributed by atoms with Gasteiger partial charge in [0, 0.05) is 0 Å². The lowest BCUT2D eigenvalue weighted by atomic mass is 10.1. The van der Waals surface area contributed by atoms with E-state index in [9.17, 15) is 0 Å². The van der Waals surface area contributed by atoms with E-state index in [1.807, 2.05) is 13.8 Å². The average Bonchev–Trinajstić information content (AvgIpc) is 2.40. The molecule has 0 spiro atoms. The van der Waals surface area contributed by atoms with Crippen molar-refractivity contribution in [3.05, 3.63) is 0 Å². The van der Waals surface area contributed by atoms with Gasteiger partial charge in [-0.15, -0.1) is 0 Å². The van der Waals surface area contributed by atoms with Gasteiger partial charge in [0.25, 0.3) is 0 Å². The molecule has 0 amide bonds. The molecule has 0 saturated heterocycles. The van der Waals surface area contributed by atoms with E-state index in [0.29, 0.717) is 0 Å². The van der Waals surface area contributed by atoms with Gasteiger partial charge in [-0.2, -0.15) is 0 Å². The molecule has 1 saturated carbocycles. The van der Waals surface area contributed by atoms with Gasteiger partial charge in [-0.25, -0.2) is 0 Å². The fraction of sp³-hybridized carbons (Fsp3) is 1.00. The molecule has 1 N–H and O–H groups in total. The summed E-state index contributed by atoms with van der Waals surface area (Å²) >= 11 is 0. The number of hydrogen-bond acceptors (Lipinski definition) is 1. The lowest BCUT2D eigenvalue weighted by molar-refractivity contribution is 0.177. The minimum absolute atomic E-state index is 0.0277. The monoisotopic (exact) mass is 144 g/mol. The Balaban J connectivity index is 0.000000371. The highest BCUT2D eigenvalue weighted by Crippen LogP contribution is 2.27. The van der Waals surface area contributed by atoms with E-state index in [-0.39, 0.29) is 6.10 Å². The second-order valence-corrected chi connectivity index (χ2v) is 2.74. The van der Waals surface area contributed by atoms with E-state index >= 15 is 0 Å². The number of aliphatic hydroxyl groups is 1. The Morgan fingerprint density at radius 1 is 1.30 bits per heavy atom. The van der Waals surface area contributed by atoms with Crippen LogP contribution in [0.15, 0.2) is 0 Å². The van der Waals surface area contributed by atoms with Crippen LogP contribution in [0.1, 0.15) is 46.5 Å². The number of aliphatic hydroxyl groups excluding tert-OH is 1. The summed E-state index contributed by atoms with van der Waals surface area (Å²) < 4.78 is 0. The summed E-state index contributed by atoms with van der Waals surface area (Å²) in [6, 6.07) is 0. The lowest BCUT2D eigenvalue weighted by Crippen LogP contribution is -1.98. The summed E-state index contributed by atoms with van der Waals surface area (Å²) in [6.45, 7) is 6.20. The first-order valence-electron chi connectivity index (χ1n) is 4.51. The van der Waals surface area contributed by atoms with Crippen LogP contribution in [0.2, 0.25) is 0 Å². The summed E-state index contributed by atoms with van der Waals surface area (Å²) in [5, 5.41) is 9.03. The van der Waals surface area contributed by atoms with Crippen molar-refractivity contribution in [3.63, 3.8) is 0 Å². The van der Waals surface area contributed by atoms with Gasteiger partial charge >= 0.3 is 0 Å². The molecule has 0 bridgehead atoms. The highest BCUT2D eigenvalue weighted by Gasteiger charge is 2.20. The molecule has 0 aromatic heterocycles. The van der Waals surface area contributed by atoms with Gasteiger partial charge in [0.2, 0.25) is 0 Å². The number of rotatable bonds is 1. The second kappa shape index (κ2) is 5.72. The first-order valence-corrected chi connectivity index (χ1v) is 4.51. The molecule has 0 radical (unpaired) electrons. The Bertz CT molecular complexity index is 71.1. The summed E-state index contributed by atoms with van der Waals surface area (Å²) in [5.41, 5.74) is 0. The predicted octanol–water partition coefficient (Wildman–Crippen LogP) is 2.58. The SMILES string of the molecule is CC.CCC1CCC(O)C1. The van der Waals surface area contributed by atoms with E-state index in [1.165, 1.54) is 12.8 Å². The third-order valence-electron chi connectivity index (χ3n) is 2.09. The standard InChI is InChI=1S/C7H14O.C2H6/c1-2-6-3-4-7(8)5-6;1-2/h6-8H,2-5H2,1H3;1-2H3. The molecular weight excluding hydrogens is 124 g/mol. The quantitative estimate of drug-likeness (QED) is 0.599. The van der Waals surface area contributed by atoms with Crippen molar-refractivity contribution in [3.8, 4) is 0 Å². The van der Waals surface area contributed by atoms with E-state index in [0.717, 1.165) is 18.8 Å². The van der Waals surface area contributed by atoms with E-state index in [1.54, 1.807) is 0 Å². The summed E-state index contributed by atoms with van der Waals surface area (Å²) in [5.74, 6) is 0.824. The molecule has 10 heavy (non-hydrogen) atoms. The molecule has 1 rings (SSSR count). The van der Waals surface area contributed by atoms with Crippen LogP contribution < -0.4 is 0 Å². The van der Waals surface area contributed by atoms with Crippen LogP contribution >= 0.6 is 0 Å². The molecule has 0 aromatic carbocycles. The molecule has 0 heterocycles. The van der Waals surface area contributed by atoms with E-state index < -0.39 is 0 Å². The Morgan fingerprint density at radius 3 is 2.10 bits per heavy atom. The van der Waals surface area contributed by atoms with E-state index in [2.05, 4.69) is 6.92 Å². The maximum atomic E-state index is 9.03. The van der Waals surface area contributed by atoms with Crippen molar-refractivity contribution >= 4 is 0 Å². The van der Waals surface area contributed by atoms with Crippen LogP contribution in [0.4, 0.5) is 0 Å². The summed E-state index contributed by atoms with van der Waals surface area (Å²) in [7, 11) is 0. The van der Waals surface area contributed by atoms with E-state index in [4.69, 9.17) is 5.11 Å². The van der Waals surface area contributed by atoms with Crippen molar-refractivity contribution in [2.75, 3.05) is 0 Å².